The molecule has 0 unspecified atom stereocenters. The molecular weight excluding hydrogens is 305 g/mol. The average molecular weight is 317 g/mol. The van der Waals surface area contributed by atoms with E-state index in [4.69, 9.17) is 14.7 Å². The molecule has 3 aromatic rings. The topological polar surface area (TPSA) is 88.8 Å². The fraction of sp³-hybridized carbons (Fsp3) is 0. The third kappa shape index (κ3) is 2.59. The maximum Gasteiger partial charge on any atom is 0.707 e. The fourth-order valence-corrected chi connectivity index (χ4v) is 3.58. The number of hydrogen-bond donors (Lipinski definition) is 2. The van der Waals surface area contributed by atoms with Gasteiger partial charge in [0.25, 0.3) is 10.0 Å². The van der Waals surface area contributed by atoms with Crippen molar-refractivity contribution in [2.24, 2.45) is 0 Å². The van der Waals surface area contributed by atoms with Gasteiger partial charge in [-0.2, -0.15) is 0 Å². The van der Waals surface area contributed by atoms with Crippen molar-refractivity contribution in [1.82, 2.24) is 3.97 Å². The molecule has 0 amide bonds. The number of hydrogen-bond acceptors (Lipinski definition) is 5. The van der Waals surface area contributed by atoms with Crippen LogP contribution in [-0.2, 0) is 10.0 Å². The van der Waals surface area contributed by atoms with Crippen molar-refractivity contribution in [3.05, 3.63) is 60.8 Å². The minimum Gasteiger partial charge on any atom is -0.512 e. The van der Waals surface area contributed by atoms with Gasteiger partial charge in [-0.1, -0.05) is 18.2 Å². The normalized spacial score (nSPS) is 11.5. The summed E-state index contributed by atoms with van der Waals surface area (Å²) in [5.74, 6) is 0.234. The van der Waals surface area contributed by atoms with Gasteiger partial charge in [-0.25, -0.2) is 12.4 Å². The molecule has 0 atom stereocenters. The summed E-state index contributed by atoms with van der Waals surface area (Å²) in [4.78, 5) is 0.193. The summed E-state index contributed by atoms with van der Waals surface area (Å²) in [6.07, 6.45) is 1.45. The minimum absolute atomic E-state index is 0.193. The van der Waals surface area contributed by atoms with Crippen LogP contribution in [0.5, 0.6) is 5.75 Å². The first-order valence-corrected chi connectivity index (χ1v) is 7.87. The Balaban J connectivity index is 2.09. The van der Waals surface area contributed by atoms with Gasteiger partial charge in [0.2, 0.25) is 0 Å². The van der Waals surface area contributed by atoms with Crippen LogP contribution in [0.25, 0.3) is 10.9 Å². The quantitative estimate of drug-likeness (QED) is 0.707. The van der Waals surface area contributed by atoms with E-state index in [1.807, 2.05) is 0 Å². The third-order valence-corrected chi connectivity index (χ3v) is 4.87. The van der Waals surface area contributed by atoms with Crippen molar-refractivity contribution in [1.29, 1.82) is 0 Å². The summed E-state index contributed by atoms with van der Waals surface area (Å²) < 4.78 is 31.2. The Morgan fingerprint density at radius 3 is 2.41 bits per heavy atom. The summed E-state index contributed by atoms with van der Waals surface area (Å²) in [7, 11) is -5.60. The third-order valence-electron chi connectivity index (χ3n) is 3.17. The van der Waals surface area contributed by atoms with Crippen LogP contribution in [0.3, 0.4) is 0 Å². The Kier molecular flexibility index (Phi) is 3.65. The molecule has 22 heavy (non-hydrogen) atoms. The van der Waals surface area contributed by atoms with E-state index in [0.717, 1.165) is 0 Å². The van der Waals surface area contributed by atoms with Gasteiger partial charge in [-0.3, -0.25) is 0 Å². The average Bonchev–Trinajstić information content (AvgIpc) is 2.91. The van der Waals surface area contributed by atoms with Crippen molar-refractivity contribution >= 4 is 28.2 Å². The van der Waals surface area contributed by atoms with Crippen LogP contribution < -0.4 is 4.65 Å². The lowest BCUT2D eigenvalue weighted by atomic mass is 10.2. The second-order valence-corrected chi connectivity index (χ2v) is 6.41. The number of rotatable bonds is 4. The molecule has 112 valence electrons. The highest BCUT2D eigenvalue weighted by molar-refractivity contribution is 7.90. The van der Waals surface area contributed by atoms with Gasteiger partial charge in [0, 0.05) is 11.6 Å². The predicted octanol–water partition coefficient (Wildman–Crippen LogP) is 1.23. The number of benzene rings is 2. The Bertz CT molecular complexity index is 905. The van der Waals surface area contributed by atoms with Gasteiger partial charge in [0.15, 0.2) is 0 Å². The van der Waals surface area contributed by atoms with Crippen molar-refractivity contribution in [2.45, 2.75) is 4.90 Å². The number of aromatic nitrogens is 1. The van der Waals surface area contributed by atoms with E-state index >= 15 is 0 Å². The Hall–Kier alpha value is -2.29. The molecule has 0 bridgehead atoms. The van der Waals surface area contributed by atoms with Gasteiger partial charge in [0.1, 0.15) is 5.75 Å². The summed E-state index contributed by atoms with van der Waals surface area (Å²) in [5, 5.41) is 18.2. The van der Waals surface area contributed by atoms with Crippen LogP contribution >= 0.6 is 0 Å². The second kappa shape index (κ2) is 5.49. The largest absolute Gasteiger partial charge is 0.707 e. The molecule has 0 radical (unpaired) electrons. The molecule has 0 spiro atoms. The molecule has 0 saturated carbocycles. The highest BCUT2D eigenvalue weighted by Gasteiger charge is 2.19. The fourth-order valence-electron chi connectivity index (χ4n) is 2.21. The molecule has 2 aromatic carbocycles. The Labute approximate surface area is 127 Å². The molecule has 0 aliphatic carbocycles. The molecule has 1 heterocycles. The zero-order valence-corrected chi connectivity index (χ0v) is 12.1. The maximum absolute atomic E-state index is 12.6. The molecular formula is C14H12BNO5S. The van der Waals surface area contributed by atoms with E-state index < -0.39 is 17.3 Å². The van der Waals surface area contributed by atoms with Gasteiger partial charge in [-0.05, 0) is 36.4 Å². The van der Waals surface area contributed by atoms with Crippen LogP contribution in [0.1, 0.15) is 0 Å². The van der Waals surface area contributed by atoms with Crippen LogP contribution in [0, 0.1) is 0 Å². The summed E-state index contributed by atoms with van der Waals surface area (Å²) in [6, 6.07) is 14.3. The van der Waals surface area contributed by atoms with Gasteiger partial charge in [0.05, 0.1) is 10.4 Å². The van der Waals surface area contributed by atoms with Gasteiger partial charge in [-0.15, -0.1) is 0 Å². The highest BCUT2D eigenvalue weighted by atomic mass is 32.2. The van der Waals surface area contributed by atoms with Crippen molar-refractivity contribution in [2.75, 3.05) is 0 Å². The lowest BCUT2D eigenvalue weighted by molar-refractivity contribution is 0.288. The van der Waals surface area contributed by atoms with E-state index in [9.17, 15) is 8.42 Å². The molecule has 0 aliphatic heterocycles. The molecule has 8 heteroatoms. The number of nitrogens with zero attached hydrogens (tertiary/aromatic N) is 1. The maximum atomic E-state index is 12.6. The number of fused-ring (bicyclic) bond motifs is 1. The first kappa shape index (κ1) is 14.6. The lowest BCUT2D eigenvalue weighted by Crippen LogP contribution is -2.20. The summed E-state index contributed by atoms with van der Waals surface area (Å²) in [5.41, 5.74) is 0.476. The van der Waals surface area contributed by atoms with E-state index in [1.165, 1.54) is 34.4 Å². The summed E-state index contributed by atoms with van der Waals surface area (Å²) >= 11 is 0. The zero-order chi connectivity index (χ0) is 15.7. The first-order chi connectivity index (χ1) is 10.5. The van der Waals surface area contributed by atoms with E-state index in [2.05, 4.69) is 0 Å². The van der Waals surface area contributed by atoms with Crippen molar-refractivity contribution in [3.63, 3.8) is 0 Å². The highest BCUT2D eigenvalue weighted by Crippen LogP contribution is 2.25. The van der Waals surface area contributed by atoms with Gasteiger partial charge >= 0.3 is 7.32 Å². The van der Waals surface area contributed by atoms with Crippen LogP contribution in [0.15, 0.2) is 65.7 Å². The molecule has 6 nitrogen and oxygen atoms in total. The SMILES string of the molecule is O=S(=O)(c1ccccc1)n1ccc2cc(OB(O)O)ccc21. The molecule has 0 fully saturated rings. The monoisotopic (exact) mass is 317 g/mol. The smallest absolute Gasteiger partial charge is 0.512 e. The van der Waals surface area contributed by atoms with Crippen LogP contribution in [0.2, 0.25) is 0 Å². The predicted molar refractivity (Wildman–Crippen MR) is 81.8 cm³/mol. The molecule has 1 aromatic heterocycles. The minimum atomic E-state index is -3.68. The molecule has 3 rings (SSSR count). The van der Waals surface area contributed by atoms with E-state index in [1.54, 1.807) is 30.3 Å². The van der Waals surface area contributed by atoms with Gasteiger partial charge < -0.3 is 14.7 Å². The molecule has 0 saturated heterocycles. The van der Waals surface area contributed by atoms with E-state index in [0.29, 0.717) is 10.9 Å². The second-order valence-electron chi connectivity index (χ2n) is 4.59. The van der Waals surface area contributed by atoms with Crippen LogP contribution in [-0.4, -0.2) is 29.8 Å². The zero-order valence-electron chi connectivity index (χ0n) is 11.3. The molecule has 0 aliphatic rings. The standard InChI is InChI=1S/C14H12BNO5S/c17-15(18)21-12-6-7-14-11(10-12)8-9-16(14)22(19,20)13-4-2-1-3-5-13/h1-10,17-18H. The van der Waals surface area contributed by atoms with E-state index in [-0.39, 0.29) is 10.6 Å². The van der Waals surface area contributed by atoms with Crippen LogP contribution in [0.4, 0.5) is 0 Å². The molecule has 2 N–H and O–H groups in total. The first-order valence-electron chi connectivity index (χ1n) is 6.43. The van der Waals surface area contributed by atoms with Crippen molar-refractivity contribution < 1.29 is 23.1 Å². The van der Waals surface area contributed by atoms with Crippen molar-refractivity contribution in [3.8, 4) is 5.75 Å². The Morgan fingerprint density at radius 1 is 1.00 bits per heavy atom. The Morgan fingerprint density at radius 2 is 1.73 bits per heavy atom. The lowest BCUT2D eigenvalue weighted by Gasteiger charge is -2.08. The summed E-state index contributed by atoms with van der Waals surface area (Å²) in [6.45, 7) is 0.